The normalized spacial score (nSPS) is 24.0. The maximum Gasteiger partial charge on any atom is 0.253 e. The van der Waals surface area contributed by atoms with Crippen LogP contribution < -0.4 is 10.6 Å². The zero-order valence-corrected chi connectivity index (χ0v) is 14.8. The summed E-state index contributed by atoms with van der Waals surface area (Å²) in [5, 5.41) is 6.11. The van der Waals surface area contributed by atoms with Crippen LogP contribution >= 0.6 is 0 Å². The monoisotopic (exact) mass is 345 g/mol. The van der Waals surface area contributed by atoms with E-state index >= 15 is 0 Å². The van der Waals surface area contributed by atoms with Gasteiger partial charge in [-0.1, -0.05) is 12.1 Å². The summed E-state index contributed by atoms with van der Waals surface area (Å²) in [6.07, 6.45) is 3.26. The second-order valence-electron chi connectivity index (χ2n) is 6.78. The molecule has 3 rings (SSSR count). The number of piperidine rings is 1. The Morgan fingerprint density at radius 3 is 2.60 bits per heavy atom. The molecule has 1 aromatic rings. The Bertz CT molecular complexity index is 596. The van der Waals surface area contributed by atoms with Gasteiger partial charge in [0.1, 0.15) is 6.04 Å². The molecule has 1 aromatic carbocycles. The lowest BCUT2D eigenvalue weighted by Gasteiger charge is -2.29. The largest absolute Gasteiger partial charge is 0.375 e. The number of hydrogen-bond acceptors (Lipinski definition) is 4. The second-order valence-corrected chi connectivity index (χ2v) is 6.78. The number of hydrogen-bond donors (Lipinski definition) is 2. The van der Waals surface area contributed by atoms with Crippen molar-refractivity contribution in [2.24, 2.45) is 0 Å². The molecule has 6 heteroatoms. The topological polar surface area (TPSA) is 70.7 Å². The summed E-state index contributed by atoms with van der Waals surface area (Å²) < 4.78 is 5.50. The van der Waals surface area contributed by atoms with Crippen LogP contribution in [0.3, 0.4) is 0 Å². The van der Waals surface area contributed by atoms with Gasteiger partial charge in [-0.05, 0) is 43.9 Å². The molecule has 0 radical (unpaired) electrons. The van der Waals surface area contributed by atoms with Crippen LogP contribution in [0.1, 0.15) is 42.1 Å². The van der Waals surface area contributed by atoms with Gasteiger partial charge in [-0.15, -0.1) is 0 Å². The van der Waals surface area contributed by atoms with Gasteiger partial charge in [-0.3, -0.25) is 9.59 Å². The highest BCUT2D eigenvalue weighted by molar-refractivity contribution is 5.94. The highest BCUT2D eigenvalue weighted by Crippen LogP contribution is 2.14. The first-order chi connectivity index (χ1) is 12.1. The fourth-order valence-electron chi connectivity index (χ4n) is 3.37. The predicted molar refractivity (Wildman–Crippen MR) is 95.2 cm³/mol. The number of rotatable bonds is 4. The van der Waals surface area contributed by atoms with Gasteiger partial charge in [0.15, 0.2) is 0 Å². The molecule has 0 spiro atoms. The molecule has 2 saturated heterocycles. The van der Waals surface area contributed by atoms with Crippen molar-refractivity contribution in [3.63, 3.8) is 0 Å². The fraction of sp³-hybridized carbons (Fsp3) is 0.579. The highest BCUT2D eigenvalue weighted by atomic mass is 16.5. The summed E-state index contributed by atoms with van der Waals surface area (Å²) in [5.74, 6) is 0.0494. The summed E-state index contributed by atoms with van der Waals surface area (Å²) in [7, 11) is 0. The number of nitrogens with zero attached hydrogens (tertiary/aromatic N) is 1. The Morgan fingerprint density at radius 2 is 1.92 bits per heavy atom. The summed E-state index contributed by atoms with van der Waals surface area (Å²) in [5.41, 5.74) is 1.70. The molecule has 2 atom stereocenters. The molecule has 2 amide bonds. The van der Waals surface area contributed by atoms with Gasteiger partial charge in [-0.25, -0.2) is 0 Å². The Labute approximate surface area is 148 Å². The lowest BCUT2D eigenvalue weighted by molar-refractivity contribution is -0.129. The van der Waals surface area contributed by atoms with Crippen LogP contribution in [-0.2, 0) is 16.1 Å². The number of nitrogens with one attached hydrogen (secondary N) is 2. The summed E-state index contributed by atoms with van der Waals surface area (Å²) in [6, 6.07) is 7.21. The van der Waals surface area contributed by atoms with E-state index in [0.29, 0.717) is 25.3 Å². The van der Waals surface area contributed by atoms with E-state index in [-0.39, 0.29) is 24.0 Å². The van der Waals surface area contributed by atoms with E-state index in [2.05, 4.69) is 10.6 Å². The minimum Gasteiger partial charge on any atom is -0.375 e. The maximum atomic E-state index is 12.5. The summed E-state index contributed by atoms with van der Waals surface area (Å²) >= 11 is 0. The van der Waals surface area contributed by atoms with Gasteiger partial charge >= 0.3 is 0 Å². The van der Waals surface area contributed by atoms with Crippen molar-refractivity contribution in [3.05, 3.63) is 35.4 Å². The molecule has 0 aromatic heterocycles. The molecule has 0 saturated carbocycles. The number of likely N-dealkylation sites (tertiary alicyclic amines) is 1. The number of carbonyl (C=O) groups is 2. The Balaban J connectivity index is 1.52. The molecule has 2 fully saturated rings. The molecule has 2 aliphatic heterocycles. The summed E-state index contributed by atoms with van der Waals surface area (Å²) in [6.45, 7) is 5.38. The zero-order valence-electron chi connectivity index (χ0n) is 14.8. The third-order valence-corrected chi connectivity index (χ3v) is 4.91. The van der Waals surface area contributed by atoms with E-state index in [1.165, 1.54) is 6.42 Å². The first-order valence-corrected chi connectivity index (χ1v) is 9.16. The number of morpholine rings is 1. The Hall–Kier alpha value is -1.92. The molecule has 136 valence electrons. The molecule has 0 bridgehead atoms. The van der Waals surface area contributed by atoms with Crippen molar-refractivity contribution in [1.29, 1.82) is 0 Å². The molecular formula is C19H27N3O3. The van der Waals surface area contributed by atoms with Gasteiger partial charge in [0, 0.05) is 31.7 Å². The van der Waals surface area contributed by atoms with Crippen molar-refractivity contribution in [3.8, 4) is 0 Å². The highest BCUT2D eigenvalue weighted by Gasteiger charge is 2.27. The van der Waals surface area contributed by atoms with Gasteiger partial charge < -0.3 is 20.3 Å². The SMILES string of the molecule is C[C@H]1OCCN[C@@H]1C(=O)NCc1ccc(C(=O)N2CCCCC2)cc1. The first-order valence-electron chi connectivity index (χ1n) is 9.16. The fourth-order valence-corrected chi connectivity index (χ4v) is 3.37. The Morgan fingerprint density at radius 1 is 1.20 bits per heavy atom. The summed E-state index contributed by atoms with van der Waals surface area (Å²) in [4.78, 5) is 26.6. The standard InChI is InChI=1S/C19H27N3O3/c1-14-17(20-9-12-25-14)18(23)21-13-15-5-7-16(8-6-15)19(24)22-10-3-2-4-11-22/h5-8,14,17,20H,2-4,9-13H2,1H3,(H,21,23)/t14-,17+/m1/s1. The van der Waals surface area contributed by atoms with E-state index < -0.39 is 0 Å². The molecule has 6 nitrogen and oxygen atoms in total. The Kier molecular flexibility index (Phi) is 6.04. The van der Waals surface area contributed by atoms with Gasteiger partial charge in [-0.2, -0.15) is 0 Å². The van der Waals surface area contributed by atoms with Crippen LogP contribution in [0.4, 0.5) is 0 Å². The smallest absolute Gasteiger partial charge is 0.253 e. The molecule has 0 unspecified atom stereocenters. The second kappa shape index (κ2) is 8.45. The van der Waals surface area contributed by atoms with E-state index in [0.717, 1.165) is 31.5 Å². The minimum atomic E-state index is -0.311. The van der Waals surface area contributed by atoms with Gasteiger partial charge in [0.2, 0.25) is 5.91 Å². The molecule has 2 heterocycles. The maximum absolute atomic E-state index is 12.5. The van der Waals surface area contributed by atoms with Gasteiger partial charge in [0.25, 0.3) is 5.91 Å². The first kappa shape index (κ1) is 17.9. The van der Waals surface area contributed by atoms with Crippen LogP contribution in [0.15, 0.2) is 24.3 Å². The van der Waals surface area contributed by atoms with Crippen LogP contribution in [0.25, 0.3) is 0 Å². The number of amides is 2. The van der Waals surface area contributed by atoms with E-state index in [4.69, 9.17) is 4.74 Å². The van der Waals surface area contributed by atoms with Crippen molar-refractivity contribution in [2.75, 3.05) is 26.2 Å². The van der Waals surface area contributed by atoms with Crippen LogP contribution in [0.2, 0.25) is 0 Å². The van der Waals surface area contributed by atoms with E-state index in [9.17, 15) is 9.59 Å². The molecular weight excluding hydrogens is 318 g/mol. The lowest BCUT2D eigenvalue weighted by atomic mass is 10.1. The van der Waals surface area contributed by atoms with E-state index in [1.54, 1.807) is 0 Å². The predicted octanol–water partition coefficient (Wildman–Crippen LogP) is 1.31. The third kappa shape index (κ3) is 4.58. The molecule has 0 aliphatic carbocycles. The van der Waals surface area contributed by atoms with Crippen LogP contribution in [0.5, 0.6) is 0 Å². The lowest BCUT2D eigenvalue weighted by Crippen LogP contribution is -2.55. The number of carbonyl (C=O) groups excluding carboxylic acids is 2. The van der Waals surface area contributed by atoms with Crippen molar-refractivity contribution >= 4 is 11.8 Å². The molecule has 25 heavy (non-hydrogen) atoms. The quantitative estimate of drug-likeness (QED) is 0.863. The number of ether oxygens (including phenoxy) is 1. The van der Waals surface area contributed by atoms with Crippen molar-refractivity contribution in [2.45, 2.75) is 44.9 Å². The van der Waals surface area contributed by atoms with Crippen molar-refractivity contribution in [1.82, 2.24) is 15.5 Å². The molecule has 2 aliphatic rings. The molecule has 2 N–H and O–H groups in total. The van der Waals surface area contributed by atoms with Crippen molar-refractivity contribution < 1.29 is 14.3 Å². The van der Waals surface area contributed by atoms with Crippen LogP contribution in [-0.4, -0.2) is 55.1 Å². The third-order valence-electron chi connectivity index (χ3n) is 4.91. The number of benzene rings is 1. The van der Waals surface area contributed by atoms with Gasteiger partial charge in [0.05, 0.1) is 12.7 Å². The minimum absolute atomic E-state index is 0.0549. The zero-order chi connectivity index (χ0) is 17.6. The average Bonchev–Trinajstić information content (AvgIpc) is 2.67. The van der Waals surface area contributed by atoms with Crippen LogP contribution in [0, 0.1) is 0 Å². The van der Waals surface area contributed by atoms with E-state index in [1.807, 2.05) is 36.1 Å². The average molecular weight is 345 g/mol.